The van der Waals surface area contributed by atoms with Crippen molar-refractivity contribution >= 4 is 0 Å². The summed E-state index contributed by atoms with van der Waals surface area (Å²) in [5.41, 5.74) is 17.3. The molecule has 7 aromatic rings. The molecule has 2 aliphatic carbocycles. The molecular weight excluding hydrogens is 583 g/mol. The highest BCUT2D eigenvalue weighted by atomic mass is 15.0. The van der Waals surface area contributed by atoms with Crippen LogP contribution in [0.2, 0.25) is 0 Å². The molecule has 2 aliphatic rings. The van der Waals surface area contributed by atoms with Gasteiger partial charge in [0.1, 0.15) is 6.33 Å². The molecule has 0 saturated heterocycles. The zero-order valence-electron chi connectivity index (χ0n) is 27.6. The average Bonchev–Trinajstić information content (AvgIpc) is 3.51. The van der Waals surface area contributed by atoms with Crippen LogP contribution in [0.3, 0.4) is 0 Å². The maximum atomic E-state index is 4.98. The summed E-state index contributed by atoms with van der Waals surface area (Å²) in [6.07, 6.45) is 1.63. The molecule has 0 atom stereocenters. The lowest BCUT2D eigenvalue weighted by molar-refractivity contribution is 0.659. The van der Waals surface area contributed by atoms with E-state index in [-0.39, 0.29) is 10.8 Å². The van der Waals surface area contributed by atoms with Gasteiger partial charge in [0.15, 0.2) is 11.6 Å². The van der Waals surface area contributed by atoms with Gasteiger partial charge in [0.25, 0.3) is 0 Å². The standard InChI is InChI=1S/C45H35N3/c1-44(2)39-22-20-30(33-17-11-18-35-34-16-8-9-19-38(34)45(3,4)41(33)35)25-36(39)37-26-32(21-23-40(37)44)43-47-27-46-42(48-43)31-15-10-14-29(24-31)28-12-6-5-7-13-28/h5-27H,1-4H3. The lowest BCUT2D eigenvalue weighted by Crippen LogP contribution is -2.16. The van der Waals surface area contributed by atoms with E-state index < -0.39 is 0 Å². The van der Waals surface area contributed by atoms with Crippen LogP contribution >= 0.6 is 0 Å². The zero-order chi connectivity index (χ0) is 32.6. The Morgan fingerprint density at radius 2 is 0.917 bits per heavy atom. The molecule has 0 unspecified atom stereocenters. The van der Waals surface area contributed by atoms with E-state index in [1.165, 1.54) is 61.2 Å². The normalized spacial score (nSPS) is 14.6. The van der Waals surface area contributed by atoms with Gasteiger partial charge in [-0.1, -0.05) is 143 Å². The van der Waals surface area contributed by atoms with Gasteiger partial charge < -0.3 is 0 Å². The average molecular weight is 618 g/mol. The van der Waals surface area contributed by atoms with Crippen molar-refractivity contribution in [2.75, 3.05) is 0 Å². The summed E-state index contributed by atoms with van der Waals surface area (Å²) < 4.78 is 0. The van der Waals surface area contributed by atoms with Crippen LogP contribution in [0, 0.1) is 0 Å². The SMILES string of the molecule is CC1(C)c2ccc(-c3ncnc(-c4cccc(-c5ccccc5)c4)n3)cc2-c2cc(-c3cccc4c3C(C)(C)c3ccccc3-4)ccc21. The fraction of sp³-hybridized carbons (Fsp3) is 0.133. The van der Waals surface area contributed by atoms with Crippen molar-refractivity contribution in [2.24, 2.45) is 0 Å². The third-order valence-corrected chi connectivity index (χ3v) is 10.6. The number of nitrogens with zero attached hydrogens (tertiary/aromatic N) is 3. The van der Waals surface area contributed by atoms with Crippen LogP contribution < -0.4 is 0 Å². The van der Waals surface area contributed by atoms with E-state index in [0.717, 1.165) is 16.7 Å². The molecule has 3 nitrogen and oxygen atoms in total. The molecule has 0 saturated carbocycles. The first-order chi connectivity index (χ1) is 23.3. The minimum Gasteiger partial charge on any atom is -0.217 e. The molecule has 230 valence electrons. The molecule has 0 aliphatic heterocycles. The Morgan fingerprint density at radius 3 is 1.69 bits per heavy atom. The van der Waals surface area contributed by atoms with Gasteiger partial charge in [0, 0.05) is 22.0 Å². The van der Waals surface area contributed by atoms with Crippen molar-refractivity contribution < 1.29 is 0 Å². The smallest absolute Gasteiger partial charge is 0.163 e. The summed E-state index contributed by atoms with van der Waals surface area (Å²) in [7, 11) is 0. The highest BCUT2D eigenvalue weighted by Gasteiger charge is 2.39. The summed E-state index contributed by atoms with van der Waals surface area (Å²) >= 11 is 0. The number of hydrogen-bond donors (Lipinski definition) is 0. The highest BCUT2D eigenvalue weighted by Crippen LogP contribution is 2.54. The van der Waals surface area contributed by atoms with Gasteiger partial charge in [-0.2, -0.15) is 0 Å². The third kappa shape index (κ3) is 4.24. The van der Waals surface area contributed by atoms with E-state index in [0.29, 0.717) is 11.6 Å². The van der Waals surface area contributed by atoms with Gasteiger partial charge in [-0.05, 0) is 85.0 Å². The van der Waals surface area contributed by atoms with Crippen molar-refractivity contribution in [2.45, 2.75) is 38.5 Å². The van der Waals surface area contributed by atoms with Crippen LogP contribution in [0.4, 0.5) is 0 Å². The fourth-order valence-electron chi connectivity index (χ4n) is 8.21. The van der Waals surface area contributed by atoms with E-state index in [1.54, 1.807) is 6.33 Å². The van der Waals surface area contributed by atoms with Crippen molar-refractivity contribution in [3.8, 4) is 67.3 Å². The second kappa shape index (κ2) is 10.4. The third-order valence-electron chi connectivity index (χ3n) is 10.6. The quantitative estimate of drug-likeness (QED) is 0.197. The second-order valence-corrected chi connectivity index (χ2v) is 14.1. The Bertz CT molecular complexity index is 2400. The van der Waals surface area contributed by atoms with Gasteiger partial charge in [0.05, 0.1) is 0 Å². The Labute approximate surface area is 282 Å². The first-order valence-electron chi connectivity index (χ1n) is 16.7. The summed E-state index contributed by atoms with van der Waals surface area (Å²) in [6.45, 7) is 9.38. The van der Waals surface area contributed by atoms with Gasteiger partial charge >= 0.3 is 0 Å². The van der Waals surface area contributed by atoms with Gasteiger partial charge in [-0.3, -0.25) is 0 Å². The molecule has 0 amide bonds. The van der Waals surface area contributed by atoms with Crippen LogP contribution in [-0.2, 0) is 10.8 Å². The molecule has 1 aromatic heterocycles. The van der Waals surface area contributed by atoms with Crippen LogP contribution in [0.25, 0.3) is 67.3 Å². The molecule has 9 rings (SSSR count). The molecule has 6 aromatic carbocycles. The lowest BCUT2D eigenvalue weighted by Gasteiger charge is -2.25. The van der Waals surface area contributed by atoms with Crippen molar-refractivity contribution in [1.82, 2.24) is 15.0 Å². The molecule has 0 radical (unpaired) electrons. The van der Waals surface area contributed by atoms with E-state index in [4.69, 9.17) is 4.98 Å². The maximum Gasteiger partial charge on any atom is 0.163 e. The van der Waals surface area contributed by atoms with Crippen LogP contribution in [-0.4, -0.2) is 15.0 Å². The minimum absolute atomic E-state index is 0.0805. The molecule has 3 heteroatoms. The fourth-order valence-corrected chi connectivity index (χ4v) is 8.21. The number of rotatable bonds is 4. The molecule has 1 heterocycles. The Hall–Kier alpha value is -5.67. The molecule has 0 N–H and O–H groups in total. The molecule has 0 spiro atoms. The zero-order valence-corrected chi connectivity index (χ0v) is 27.6. The highest BCUT2D eigenvalue weighted by molar-refractivity contribution is 5.91. The van der Waals surface area contributed by atoms with Crippen LogP contribution in [0.15, 0.2) is 140 Å². The molecular formula is C45H35N3. The maximum absolute atomic E-state index is 4.98. The van der Waals surface area contributed by atoms with E-state index in [2.05, 4.69) is 165 Å². The van der Waals surface area contributed by atoms with E-state index >= 15 is 0 Å². The first-order valence-corrected chi connectivity index (χ1v) is 16.7. The first kappa shape index (κ1) is 28.5. The summed E-state index contributed by atoms with van der Waals surface area (Å²) in [5.74, 6) is 1.35. The predicted octanol–water partition coefficient (Wildman–Crippen LogP) is 11.2. The number of hydrogen-bond acceptors (Lipinski definition) is 3. The van der Waals surface area contributed by atoms with Crippen LogP contribution in [0.5, 0.6) is 0 Å². The summed E-state index contributed by atoms with van der Waals surface area (Å²) in [6, 6.07) is 48.3. The van der Waals surface area contributed by atoms with Gasteiger partial charge in [-0.15, -0.1) is 0 Å². The van der Waals surface area contributed by atoms with Crippen molar-refractivity contribution in [3.63, 3.8) is 0 Å². The van der Waals surface area contributed by atoms with Gasteiger partial charge in [0.2, 0.25) is 0 Å². The largest absolute Gasteiger partial charge is 0.217 e. The van der Waals surface area contributed by atoms with Crippen molar-refractivity contribution in [3.05, 3.63) is 162 Å². The summed E-state index contributed by atoms with van der Waals surface area (Å²) in [5, 5.41) is 0. The van der Waals surface area contributed by atoms with Crippen LogP contribution in [0.1, 0.15) is 49.9 Å². The molecule has 48 heavy (non-hydrogen) atoms. The van der Waals surface area contributed by atoms with E-state index in [1.807, 2.05) is 6.07 Å². The Morgan fingerprint density at radius 1 is 0.375 bits per heavy atom. The van der Waals surface area contributed by atoms with Crippen molar-refractivity contribution in [1.29, 1.82) is 0 Å². The minimum atomic E-state index is -0.113. The number of aromatic nitrogens is 3. The summed E-state index contributed by atoms with van der Waals surface area (Å²) in [4.78, 5) is 14.2. The number of benzene rings is 6. The van der Waals surface area contributed by atoms with Gasteiger partial charge in [-0.25, -0.2) is 15.0 Å². The monoisotopic (exact) mass is 617 g/mol. The second-order valence-electron chi connectivity index (χ2n) is 14.1. The Kier molecular flexibility index (Phi) is 6.20. The lowest BCUT2D eigenvalue weighted by atomic mass is 9.78. The molecule has 0 bridgehead atoms. The number of fused-ring (bicyclic) bond motifs is 6. The molecule has 0 fully saturated rings. The Balaban J connectivity index is 1.13. The topological polar surface area (TPSA) is 38.7 Å². The van der Waals surface area contributed by atoms with E-state index in [9.17, 15) is 0 Å². The predicted molar refractivity (Wildman–Crippen MR) is 197 cm³/mol.